The highest BCUT2D eigenvalue weighted by atomic mass is 19.1. The Morgan fingerprint density at radius 1 is 1.25 bits per heavy atom. The van der Waals surface area contributed by atoms with Crippen molar-refractivity contribution >= 4 is 6.29 Å². The molecule has 2 nitrogen and oxygen atoms in total. The van der Waals surface area contributed by atoms with Crippen molar-refractivity contribution in [1.29, 1.82) is 0 Å². The van der Waals surface area contributed by atoms with Gasteiger partial charge in [0.15, 0.2) is 0 Å². The lowest BCUT2D eigenvalue weighted by molar-refractivity contribution is -0.00815. The quantitative estimate of drug-likeness (QED) is 0.735. The number of ether oxygens (including phenoxy) is 1. The van der Waals surface area contributed by atoms with Crippen molar-refractivity contribution in [3.05, 3.63) is 35.4 Å². The highest BCUT2D eigenvalue weighted by Gasteiger charge is 2.32. The van der Waals surface area contributed by atoms with Crippen LogP contribution in [0.1, 0.15) is 28.8 Å². The fourth-order valence-corrected chi connectivity index (χ4v) is 1.99. The van der Waals surface area contributed by atoms with Crippen LogP contribution in [0.4, 0.5) is 4.39 Å². The van der Waals surface area contributed by atoms with Crippen molar-refractivity contribution in [2.45, 2.75) is 24.9 Å². The third-order valence-corrected chi connectivity index (χ3v) is 3.03. The molecule has 0 amide bonds. The molecule has 1 aliphatic rings. The van der Waals surface area contributed by atoms with E-state index < -0.39 is 5.67 Å². The minimum absolute atomic E-state index is 0.412. The summed E-state index contributed by atoms with van der Waals surface area (Å²) in [6, 6.07) is 7.09. The number of hydrogen-bond donors (Lipinski definition) is 0. The molecule has 1 heterocycles. The van der Waals surface area contributed by atoms with Gasteiger partial charge in [-0.05, 0) is 5.56 Å². The van der Waals surface area contributed by atoms with Crippen LogP contribution in [0.2, 0.25) is 0 Å². The zero-order valence-electron chi connectivity index (χ0n) is 9.12. The van der Waals surface area contributed by atoms with Gasteiger partial charge in [-0.15, -0.1) is 0 Å². The van der Waals surface area contributed by atoms with E-state index in [-0.39, 0.29) is 0 Å². The minimum Gasteiger partial charge on any atom is -0.381 e. The van der Waals surface area contributed by atoms with Gasteiger partial charge in [0.25, 0.3) is 0 Å². The molecule has 2 rings (SSSR count). The summed E-state index contributed by atoms with van der Waals surface area (Å²) in [7, 11) is 0. The van der Waals surface area contributed by atoms with Gasteiger partial charge >= 0.3 is 0 Å². The Kier molecular flexibility index (Phi) is 3.34. The van der Waals surface area contributed by atoms with E-state index in [0.29, 0.717) is 38.0 Å². The van der Waals surface area contributed by atoms with Crippen LogP contribution in [0.3, 0.4) is 0 Å². The van der Waals surface area contributed by atoms with Crippen molar-refractivity contribution in [2.24, 2.45) is 0 Å². The van der Waals surface area contributed by atoms with Crippen molar-refractivity contribution in [2.75, 3.05) is 13.2 Å². The molecule has 86 valence electrons. The molecule has 1 aromatic rings. The van der Waals surface area contributed by atoms with Crippen molar-refractivity contribution in [3.8, 4) is 0 Å². The summed E-state index contributed by atoms with van der Waals surface area (Å²) in [4.78, 5) is 10.5. The molecule has 3 heteroatoms. The number of aldehydes is 1. The number of carbonyl (C=O) groups is 1. The summed E-state index contributed by atoms with van der Waals surface area (Å²) >= 11 is 0. The molecule has 1 aliphatic heterocycles. The molecule has 0 radical (unpaired) electrons. The molecule has 0 unspecified atom stereocenters. The van der Waals surface area contributed by atoms with Crippen molar-refractivity contribution in [1.82, 2.24) is 0 Å². The summed E-state index contributed by atoms with van der Waals surface area (Å²) in [5.41, 5.74) is 0.430. The van der Waals surface area contributed by atoms with Gasteiger partial charge in [-0.3, -0.25) is 4.79 Å². The molecule has 0 saturated carbocycles. The van der Waals surface area contributed by atoms with Crippen LogP contribution in [-0.4, -0.2) is 25.2 Å². The topological polar surface area (TPSA) is 26.3 Å². The zero-order chi connectivity index (χ0) is 11.4. The monoisotopic (exact) mass is 222 g/mol. The number of carbonyl (C=O) groups excluding carboxylic acids is 1. The molecule has 0 spiro atoms. The number of hydrogen-bond acceptors (Lipinski definition) is 2. The van der Waals surface area contributed by atoms with Gasteiger partial charge < -0.3 is 4.74 Å². The number of benzene rings is 1. The standard InChI is InChI=1S/C13H15FO2/c14-13(5-7-16-8-6-13)9-11-1-3-12(10-15)4-2-11/h1-4,10H,5-9H2. The van der Waals surface area contributed by atoms with E-state index in [4.69, 9.17) is 4.74 Å². The Morgan fingerprint density at radius 2 is 1.88 bits per heavy atom. The second kappa shape index (κ2) is 4.74. The zero-order valence-corrected chi connectivity index (χ0v) is 9.12. The average molecular weight is 222 g/mol. The van der Waals surface area contributed by atoms with Crippen LogP contribution in [-0.2, 0) is 11.2 Å². The van der Waals surface area contributed by atoms with Crippen LogP contribution in [0, 0.1) is 0 Å². The predicted octanol–water partition coefficient (Wildman–Crippen LogP) is 2.56. The molecule has 0 bridgehead atoms. The Hall–Kier alpha value is -1.22. The largest absolute Gasteiger partial charge is 0.381 e. The minimum atomic E-state index is -1.14. The van der Waals surface area contributed by atoms with E-state index in [2.05, 4.69) is 0 Å². The molecule has 1 saturated heterocycles. The SMILES string of the molecule is O=Cc1ccc(CC2(F)CCOCC2)cc1. The number of rotatable bonds is 3. The fraction of sp³-hybridized carbons (Fsp3) is 0.462. The lowest BCUT2D eigenvalue weighted by atomic mass is 9.89. The third-order valence-electron chi connectivity index (χ3n) is 3.03. The maximum atomic E-state index is 14.3. The summed E-state index contributed by atoms with van der Waals surface area (Å²) in [6.45, 7) is 1.01. The number of alkyl halides is 1. The second-order valence-corrected chi connectivity index (χ2v) is 4.30. The molecule has 16 heavy (non-hydrogen) atoms. The highest BCUT2D eigenvalue weighted by molar-refractivity contribution is 5.74. The number of halogens is 1. The molecule has 0 N–H and O–H groups in total. The van der Waals surface area contributed by atoms with Crippen LogP contribution in [0.15, 0.2) is 24.3 Å². The first-order valence-corrected chi connectivity index (χ1v) is 5.53. The second-order valence-electron chi connectivity index (χ2n) is 4.30. The molecule has 0 aliphatic carbocycles. The van der Waals surface area contributed by atoms with Crippen molar-refractivity contribution in [3.63, 3.8) is 0 Å². The van der Waals surface area contributed by atoms with Gasteiger partial charge in [0.1, 0.15) is 12.0 Å². The van der Waals surface area contributed by atoms with E-state index in [1.807, 2.05) is 12.1 Å². The molecule has 0 atom stereocenters. The summed E-state index contributed by atoms with van der Waals surface area (Å²) < 4.78 is 19.4. The summed E-state index contributed by atoms with van der Waals surface area (Å²) in [5, 5.41) is 0. The lowest BCUT2D eigenvalue weighted by Gasteiger charge is -2.29. The first-order valence-electron chi connectivity index (χ1n) is 5.53. The molecular weight excluding hydrogens is 207 g/mol. The lowest BCUT2D eigenvalue weighted by Crippen LogP contribution is -2.33. The predicted molar refractivity (Wildman–Crippen MR) is 59.4 cm³/mol. The Morgan fingerprint density at radius 3 is 2.44 bits per heavy atom. The first kappa shape index (κ1) is 11.3. The maximum Gasteiger partial charge on any atom is 0.150 e. The van der Waals surface area contributed by atoms with E-state index >= 15 is 0 Å². The third kappa shape index (κ3) is 2.67. The van der Waals surface area contributed by atoms with E-state index in [1.54, 1.807) is 12.1 Å². The molecule has 1 aromatic carbocycles. The summed E-state index contributed by atoms with van der Waals surface area (Å²) in [5.74, 6) is 0. The van der Waals surface area contributed by atoms with Gasteiger partial charge in [0, 0.05) is 38.0 Å². The summed E-state index contributed by atoms with van der Waals surface area (Å²) in [6.07, 6.45) is 2.13. The van der Waals surface area contributed by atoms with E-state index in [9.17, 15) is 9.18 Å². The van der Waals surface area contributed by atoms with Gasteiger partial charge in [-0.25, -0.2) is 4.39 Å². The van der Waals surface area contributed by atoms with Crippen LogP contribution < -0.4 is 0 Å². The average Bonchev–Trinajstić information content (AvgIpc) is 2.30. The molecular formula is C13H15FO2. The smallest absolute Gasteiger partial charge is 0.150 e. The van der Waals surface area contributed by atoms with Crippen LogP contribution in [0.5, 0.6) is 0 Å². The van der Waals surface area contributed by atoms with Gasteiger partial charge in [-0.1, -0.05) is 24.3 Å². The normalized spacial score (nSPS) is 19.3. The van der Waals surface area contributed by atoms with E-state index in [0.717, 1.165) is 11.8 Å². The molecule has 1 fully saturated rings. The maximum absolute atomic E-state index is 14.3. The fourth-order valence-electron chi connectivity index (χ4n) is 1.99. The van der Waals surface area contributed by atoms with Crippen LogP contribution >= 0.6 is 0 Å². The molecule has 0 aromatic heterocycles. The highest BCUT2D eigenvalue weighted by Crippen LogP contribution is 2.29. The first-order chi connectivity index (χ1) is 7.72. The van der Waals surface area contributed by atoms with Gasteiger partial charge in [-0.2, -0.15) is 0 Å². The Bertz CT molecular complexity index is 353. The van der Waals surface area contributed by atoms with Crippen LogP contribution in [0.25, 0.3) is 0 Å². The Labute approximate surface area is 94.4 Å². The van der Waals surface area contributed by atoms with Crippen molar-refractivity contribution < 1.29 is 13.9 Å². The Balaban J connectivity index is 2.04. The van der Waals surface area contributed by atoms with Gasteiger partial charge in [0.2, 0.25) is 0 Å². The van der Waals surface area contributed by atoms with Gasteiger partial charge in [0.05, 0.1) is 0 Å². The van der Waals surface area contributed by atoms with E-state index in [1.165, 1.54) is 0 Å².